The van der Waals surface area contributed by atoms with E-state index in [1.54, 1.807) is 32.2 Å². The molecular formula is C30H33ClN2O5S. The van der Waals surface area contributed by atoms with E-state index in [1.165, 1.54) is 0 Å². The molecule has 2 heterocycles. The second-order valence-electron chi connectivity index (χ2n) is 9.64. The van der Waals surface area contributed by atoms with Crippen molar-refractivity contribution in [2.45, 2.75) is 12.7 Å². The highest BCUT2D eigenvalue weighted by Gasteiger charge is 2.23. The van der Waals surface area contributed by atoms with Gasteiger partial charge in [-0.05, 0) is 25.1 Å². The summed E-state index contributed by atoms with van der Waals surface area (Å²) in [5.41, 5.74) is 3.07. The third kappa shape index (κ3) is 6.30. The molecule has 0 saturated carbocycles. The lowest BCUT2D eigenvalue weighted by Crippen LogP contribution is -2.47. The molecule has 0 N–H and O–H groups in total. The molecule has 3 aromatic carbocycles. The molecule has 0 amide bonds. The zero-order chi connectivity index (χ0) is 26.7. The van der Waals surface area contributed by atoms with Crippen molar-refractivity contribution >= 4 is 38.9 Å². The lowest BCUT2D eigenvalue weighted by atomic mass is 10.0. The van der Waals surface area contributed by atoms with Gasteiger partial charge in [0.15, 0.2) is 15.3 Å². The van der Waals surface area contributed by atoms with E-state index in [4.69, 9.17) is 9.15 Å². The Hall–Kier alpha value is -3.33. The Kier molecular flexibility index (Phi) is 9.00. The first-order valence-electron chi connectivity index (χ1n) is 12.8. The maximum Gasteiger partial charge on any atom is 0.196 e. The minimum absolute atomic E-state index is 0. The summed E-state index contributed by atoms with van der Waals surface area (Å²) in [5.74, 6) is 1.18. The fourth-order valence-electron chi connectivity index (χ4n) is 5.03. The first kappa shape index (κ1) is 28.7. The molecule has 7 nitrogen and oxygen atoms in total. The Labute approximate surface area is 235 Å². The van der Waals surface area contributed by atoms with E-state index in [-0.39, 0.29) is 29.3 Å². The number of methoxy groups -OCH3 is 1. The van der Waals surface area contributed by atoms with Crippen LogP contribution < -0.4 is 15.1 Å². The molecule has 9 heteroatoms. The summed E-state index contributed by atoms with van der Waals surface area (Å²) in [5, 5.41) is 0.405. The molecule has 39 heavy (non-hydrogen) atoms. The van der Waals surface area contributed by atoms with Gasteiger partial charge in [-0.15, -0.1) is 12.4 Å². The second kappa shape index (κ2) is 12.2. The molecule has 0 unspecified atom stereocenters. The van der Waals surface area contributed by atoms with Gasteiger partial charge < -0.3 is 14.1 Å². The molecule has 0 aliphatic carbocycles. The number of para-hydroxylation sites is 3. The Bertz CT molecular complexity index is 1600. The van der Waals surface area contributed by atoms with Crippen molar-refractivity contribution in [3.8, 4) is 17.1 Å². The standard InChI is InChI=1S/C30H32N2O5S.ClH/c1-22-28(33)25-12-8-11-24(30(25)37-29(22)23-9-4-3-5-10-23)21-38(34,35)20-19-31-15-17-32(18-16-31)26-13-6-7-14-27(26)36-2;/h3-14H,15-21H2,1-2H3;1H. The number of rotatable bonds is 8. The number of nitrogens with zero attached hydrogens (tertiary/aromatic N) is 2. The van der Waals surface area contributed by atoms with Crippen LogP contribution in [0.3, 0.4) is 0 Å². The molecule has 1 aliphatic heterocycles. The highest BCUT2D eigenvalue weighted by molar-refractivity contribution is 7.90. The molecule has 0 bridgehead atoms. The first-order chi connectivity index (χ1) is 18.4. The smallest absolute Gasteiger partial charge is 0.196 e. The van der Waals surface area contributed by atoms with Crippen molar-refractivity contribution in [3.63, 3.8) is 0 Å². The van der Waals surface area contributed by atoms with Crippen LogP contribution in [0.1, 0.15) is 11.1 Å². The second-order valence-corrected chi connectivity index (χ2v) is 11.8. The van der Waals surface area contributed by atoms with E-state index < -0.39 is 9.84 Å². The van der Waals surface area contributed by atoms with Gasteiger partial charge in [-0.2, -0.15) is 0 Å². The van der Waals surface area contributed by atoms with Crippen molar-refractivity contribution in [3.05, 3.63) is 94.1 Å². The van der Waals surface area contributed by atoms with E-state index in [2.05, 4.69) is 9.80 Å². The van der Waals surface area contributed by atoms with E-state index in [9.17, 15) is 13.2 Å². The maximum absolute atomic E-state index is 13.2. The van der Waals surface area contributed by atoms with Crippen LogP contribution in [0.25, 0.3) is 22.3 Å². The minimum atomic E-state index is -3.44. The van der Waals surface area contributed by atoms with E-state index in [0.717, 1.165) is 43.2 Å². The number of halogens is 1. The maximum atomic E-state index is 13.2. The van der Waals surface area contributed by atoms with Crippen LogP contribution in [0.5, 0.6) is 5.75 Å². The first-order valence-corrected chi connectivity index (χ1v) is 14.6. The Morgan fingerprint density at radius 2 is 1.59 bits per heavy atom. The Balaban J connectivity index is 0.00000353. The third-order valence-corrected chi connectivity index (χ3v) is 8.71. The molecular weight excluding hydrogens is 536 g/mol. The Morgan fingerprint density at radius 1 is 0.897 bits per heavy atom. The summed E-state index contributed by atoms with van der Waals surface area (Å²) >= 11 is 0. The van der Waals surface area contributed by atoms with Crippen LogP contribution in [0.4, 0.5) is 5.69 Å². The molecule has 1 aliphatic rings. The molecule has 1 saturated heterocycles. The molecule has 206 valence electrons. The highest BCUT2D eigenvalue weighted by atomic mass is 35.5. The van der Waals surface area contributed by atoms with Gasteiger partial charge in [-0.3, -0.25) is 9.69 Å². The average molecular weight is 569 g/mol. The number of sulfone groups is 1. The van der Waals surface area contributed by atoms with Crippen molar-refractivity contribution in [1.82, 2.24) is 4.90 Å². The summed E-state index contributed by atoms with van der Waals surface area (Å²) in [6, 6.07) is 22.5. The van der Waals surface area contributed by atoms with Gasteiger partial charge in [0.05, 0.1) is 29.7 Å². The lowest BCUT2D eigenvalue weighted by Gasteiger charge is -2.36. The van der Waals surface area contributed by atoms with Gasteiger partial charge in [0.25, 0.3) is 0 Å². The van der Waals surface area contributed by atoms with Gasteiger partial charge in [-0.1, -0.05) is 54.6 Å². The number of anilines is 1. The topological polar surface area (TPSA) is 80.1 Å². The summed E-state index contributed by atoms with van der Waals surface area (Å²) in [6.45, 7) is 5.36. The van der Waals surface area contributed by atoms with Gasteiger partial charge in [0, 0.05) is 49.4 Å². The molecule has 0 spiro atoms. The number of ether oxygens (including phenoxy) is 1. The molecule has 1 fully saturated rings. The zero-order valence-corrected chi connectivity index (χ0v) is 23.8. The van der Waals surface area contributed by atoms with Crippen molar-refractivity contribution in [1.29, 1.82) is 0 Å². The largest absolute Gasteiger partial charge is 0.495 e. The summed E-state index contributed by atoms with van der Waals surface area (Å²) in [6.07, 6.45) is 0. The fraction of sp³-hybridized carbons (Fsp3) is 0.300. The van der Waals surface area contributed by atoms with Gasteiger partial charge in [0.2, 0.25) is 0 Å². The molecule has 0 atom stereocenters. The predicted octanol–water partition coefficient (Wildman–Crippen LogP) is 4.94. The number of hydrogen-bond acceptors (Lipinski definition) is 7. The SMILES string of the molecule is COc1ccccc1N1CCN(CCS(=O)(=O)Cc2cccc3c(=O)c(C)c(-c4ccccc4)oc23)CC1.Cl. The van der Waals surface area contributed by atoms with Crippen LogP contribution in [-0.4, -0.2) is 58.9 Å². The molecule has 1 aromatic heterocycles. The third-order valence-electron chi connectivity index (χ3n) is 7.15. The van der Waals surface area contributed by atoms with E-state index >= 15 is 0 Å². The zero-order valence-electron chi connectivity index (χ0n) is 22.1. The Morgan fingerprint density at radius 3 is 2.31 bits per heavy atom. The predicted molar refractivity (Wildman–Crippen MR) is 159 cm³/mol. The van der Waals surface area contributed by atoms with Crippen LogP contribution in [0.15, 0.2) is 82.0 Å². The number of hydrogen-bond donors (Lipinski definition) is 0. The number of benzene rings is 3. The van der Waals surface area contributed by atoms with Crippen molar-refractivity contribution in [2.75, 3.05) is 50.5 Å². The quantitative estimate of drug-likeness (QED) is 0.298. The van der Waals surface area contributed by atoms with Crippen LogP contribution in [0.2, 0.25) is 0 Å². The van der Waals surface area contributed by atoms with Gasteiger partial charge >= 0.3 is 0 Å². The van der Waals surface area contributed by atoms with Crippen molar-refractivity contribution in [2.24, 2.45) is 0 Å². The number of fused-ring (bicyclic) bond motifs is 1. The van der Waals surface area contributed by atoms with Gasteiger partial charge in [0.1, 0.15) is 17.1 Å². The summed E-state index contributed by atoms with van der Waals surface area (Å²) in [4.78, 5) is 17.6. The number of piperazine rings is 1. The minimum Gasteiger partial charge on any atom is -0.495 e. The van der Waals surface area contributed by atoms with E-state index in [0.29, 0.717) is 34.4 Å². The molecule has 0 radical (unpaired) electrons. The normalized spacial score (nSPS) is 14.3. The highest BCUT2D eigenvalue weighted by Crippen LogP contribution is 2.29. The van der Waals surface area contributed by atoms with Gasteiger partial charge in [-0.25, -0.2) is 8.42 Å². The monoisotopic (exact) mass is 568 g/mol. The fourth-order valence-corrected chi connectivity index (χ4v) is 6.41. The summed E-state index contributed by atoms with van der Waals surface area (Å²) < 4.78 is 38.1. The van der Waals surface area contributed by atoms with E-state index in [1.807, 2.05) is 54.6 Å². The molecule has 4 aromatic rings. The van der Waals surface area contributed by atoms with Crippen molar-refractivity contribution < 1.29 is 17.6 Å². The van der Waals surface area contributed by atoms with Crippen LogP contribution in [0, 0.1) is 6.92 Å². The average Bonchev–Trinajstić information content (AvgIpc) is 2.95. The van der Waals surface area contributed by atoms with Crippen LogP contribution >= 0.6 is 12.4 Å². The molecule has 5 rings (SSSR count). The lowest BCUT2D eigenvalue weighted by molar-refractivity contribution is 0.271. The summed E-state index contributed by atoms with van der Waals surface area (Å²) in [7, 11) is -1.77. The van der Waals surface area contributed by atoms with Crippen LogP contribution in [-0.2, 0) is 15.6 Å².